The first-order valence-electron chi connectivity index (χ1n) is 4.02. The standard InChI is InChI=1S/C10H14OS/c1-8(7-12-2)9-5-3-4-6-10(9)11/h3-6,8,11H,7H2,1-2H3. The highest BCUT2D eigenvalue weighted by molar-refractivity contribution is 7.98. The third-order valence-electron chi connectivity index (χ3n) is 1.88. The minimum absolute atomic E-state index is 0.416. The lowest BCUT2D eigenvalue weighted by Crippen LogP contribution is -1.96. The van der Waals surface area contributed by atoms with E-state index in [1.54, 1.807) is 17.8 Å². The zero-order valence-electron chi connectivity index (χ0n) is 7.45. The molecule has 0 aliphatic carbocycles. The van der Waals surface area contributed by atoms with Gasteiger partial charge in [0.05, 0.1) is 0 Å². The summed E-state index contributed by atoms with van der Waals surface area (Å²) in [5.41, 5.74) is 1.05. The number of phenols is 1. The van der Waals surface area contributed by atoms with Crippen molar-refractivity contribution in [2.24, 2.45) is 0 Å². The number of hydrogen-bond donors (Lipinski definition) is 1. The van der Waals surface area contributed by atoms with Gasteiger partial charge in [-0.05, 0) is 29.6 Å². The van der Waals surface area contributed by atoms with Gasteiger partial charge in [0.1, 0.15) is 5.75 Å². The second kappa shape index (κ2) is 4.41. The summed E-state index contributed by atoms with van der Waals surface area (Å²) in [6, 6.07) is 7.54. The smallest absolute Gasteiger partial charge is 0.119 e. The second-order valence-corrected chi connectivity index (χ2v) is 3.83. The summed E-state index contributed by atoms with van der Waals surface area (Å²) in [4.78, 5) is 0. The summed E-state index contributed by atoms with van der Waals surface area (Å²) >= 11 is 1.80. The van der Waals surface area contributed by atoms with Crippen LogP contribution in [0.3, 0.4) is 0 Å². The summed E-state index contributed by atoms with van der Waals surface area (Å²) in [5, 5.41) is 9.50. The van der Waals surface area contributed by atoms with Gasteiger partial charge >= 0.3 is 0 Å². The van der Waals surface area contributed by atoms with Crippen LogP contribution < -0.4 is 0 Å². The lowest BCUT2D eigenvalue weighted by Gasteiger charge is -2.11. The summed E-state index contributed by atoms with van der Waals surface area (Å²) < 4.78 is 0. The lowest BCUT2D eigenvalue weighted by atomic mass is 10.0. The Morgan fingerprint density at radius 1 is 1.42 bits per heavy atom. The highest BCUT2D eigenvalue weighted by Crippen LogP contribution is 2.26. The Morgan fingerprint density at radius 2 is 2.08 bits per heavy atom. The van der Waals surface area contributed by atoms with Gasteiger partial charge in [0.2, 0.25) is 0 Å². The van der Waals surface area contributed by atoms with Crippen LogP contribution in [0.1, 0.15) is 18.4 Å². The predicted molar refractivity (Wildman–Crippen MR) is 54.9 cm³/mol. The van der Waals surface area contributed by atoms with E-state index in [-0.39, 0.29) is 0 Å². The van der Waals surface area contributed by atoms with E-state index in [0.717, 1.165) is 11.3 Å². The Kier molecular flexibility index (Phi) is 3.48. The third-order valence-corrected chi connectivity index (χ3v) is 2.72. The quantitative estimate of drug-likeness (QED) is 0.775. The molecule has 0 fully saturated rings. The molecule has 1 N–H and O–H groups in total. The second-order valence-electron chi connectivity index (χ2n) is 2.92. The van der Waals surface area contributed by atoms with Crippen molar-refractivity contribution in [1.82, 2.24) is 0 Å². The number of benzene rings is 1. The molecule has 2 heteroatoms. The molecule has 0 aliphatic rings. The highest BCUT2D eigenvalue weighted by Gasteiger charge is 2.07. The number of phenolic OH excluding ortho intramolecular Hbond substituents is 1. The highest BCUT2D eigenvalue weighted by atomic mass is 32.2. The minimum atomic E-state index is 0.416. The van der Waals surface area contributed by atoms with Crippen LogP contribution in [0.15, 0.2) is 24.3 Å². The van der Waals surface area contributed by atoms with Gasteiger partial charge in [0.25, 0.3) is 0 Å². The minimum Gasteiger partial charge on any atom is -0.508 e. The third kappa shape index (κ3) is 2.18. The van der Waals surface area contributed by atoms with Crippen LogP contribution in [0.4, 0.5) is 0 Å². The molecule has 1 rings (SSSR count). The molecule has 0 radical (unpaired) electrons. The van der Waals surface area contributed by atoms with Gasteiger partial charge in [-0.2, -0.15) is 11.8 Å². The molecular formula is C10H14OS. The topological polar surface area (TPSA) is 20.2 Å². The number of aromatic hydroxyl groups is 1. The van der Waals surface area contributed by atoms with Crippen molar-refractivity contribution in [2.45, 2.75) is 12.8 Å². The van der Waals surface area contributed by atoms with E-state index < -0.39 is 0 Å². The Bertz CT molecular complexity index is 247. The lowest BCUT2D eigenvalue weighted by molar-refractivity contribution is 0.465. The van der Waals surface area contributed by atoms with Gasteiger partial charge in [0, 0.05) is 0 Å². The van der Waals surface area contributed by atoms with Crippen LogP contribution >= 0.6 is 11.8 Å². The van der Waals surface area contributed by atoms with Gasteiger partial charge in [0.15, 0.2) is 0 Å². The van der Waals surface area contributed by atoms with E-state index in [1.165, 1.54) is 0 Å². The average molecular weight is 182 g/mol. The number of thioether (sulfide) groups is 1. The predicted octanol–water partition coefficient (Wildman–Crippen LogP) is 2.86. The van der Waals surface area contributed by atoms with Crippen LogP contribution in [-0.4, -0.2) is 17.1 Å². The molecule has 0 spiro atoms. The molecule has 0 bridgehead atoms. The van der Waals surface area contributed by atoms with Crippen molar-refractivity contribution in [3.05, 3.63) is 29.8 Å². The fourth-order valence-corrected chi connectivity index (χ4v) is 1.92. The average Bonchev–Trinajstić information content (AvgIpc) is 2.05. The van der Waals surface area contributed by atoms with Gasteiger partial charge in [-0.3, -0.25) is 0 Å². The Balaban J connectivity index is 2.79. The molecule has 0 heterocycles. The molecule has 0 amide bonds. The molecule has 0 aliphatic heterocycles. The van der Waals surface area contributed by atoms with Crippen LogP contribution in [0.2, 0.25) is 0 Å². The first-order chi connectivity index (χ1) is 5.75. The summed E-state index contributed by atoms with van der Waals surface area (Å²) in [6.07, 6.45) is 2.08. The molecule has 1 atom stereocenters. The molecule has 1 aromatic carbocycles. The van der Waals surface area contributed by atoms with Crippen molar-refractivity contribution in [3.63, 3.8) is 0 Å². The van der Waals surface area contributed by atoms with Crippen LogP contribution in [-0.2, 0) is 0 Å². The van der Waals surface area contributed by atoms with E-state index in [9.17, 15) is 5.11 Å². The van der Waals surface area contributed by atoms with Gasteiger partial charge in [-0.1, -0.05) is 25.1 Å². The van der Waals surface area contributed by atoms with Crippen LogP contribution in [0.25, 0.3) is 0 Å². The van der Waals surface area contributed by atoms with Gasteiger partial charge < -0.3 is 5.11 Å². The van der Waals surface area contributed by atoms with E-state index in [0.29, 0.717) is 11.7 Å². The van der Waals surface area contributed by atoms with E-state index in [4.69, 9.17) is 0 Å². The monoisotopic (exact) mass is 182 g/mol. The fraction of sp³-hybridized carbons (Fsp3) is 0.400. The maximum absolute atomic E-state index is 9.50. The van der Waals surface area contributed by atoms with Crippen molar-refractivity contribution >= 4 is 11.8 Å². The van der Waals surface area contributed by atoms with E-state index in [1.807, 2.05) is 18.2 Å². The summed E-state index contributed by atoms with van der Waals surface area (Å²) in [6.45, 7) is 2.13. The van der Waals surface area contributed by atoms with Crippen molar-refractivity contribution < 1.29 is 5.11 Å². The first kappa shape index (κ1) is 9.46. The maximum atomic E-state index is 9.50. The van der Waals surface area contributed by atoms with Gasteiger partial charge in [-0.25, -0.2) is 0 Å². The molecule has 0 saturated heterocycles. The zero-order valence-corrected chi connectivity index (χ0v) is 8.27. The largest absolute Gasteiger partial charge is 0.508 e. The molecule has 1 nitrogen and oxygen atoms in total. The van der Waals surface area contributed by atoms with E-state index in [2.05, 4.69) is 13.2 Å². The molecule has 66 valence electrons. The van der Waals surface area contributed by atoms with Crippen LogP contribution in [0, 0.1) is 0 Å². The molecule has 12 heavy (non-hydrogen) atoms. The first-order valence-corrected chi connectivity index (χ1v) is 5.42. The molecular weight excluding hydrogens is 168 g/mol. The van der Waals surface area contributed by atoms with Crippen molar-refractivity contribution in [2.75, 3.05) is 12.0 Å². The normalized spacial score (nSPS) is 12.8. The van der Waals surface area contributed by atoms with Gasteiger partial charge in [-0.15, -0.1) is 0 Å². The van der Waals surface area contributed by atoms with E-state index >= 15 is 0 Å². The van der Waals surface area contributed by atoms with Crippen LogP contribution in [0.5, 0.6) is 5.75 Å². The number of rotatable bonds is 3. The zero-order chi connectivity index (χ0) is 8.97. The SMILES string of the molecule is CSCC(C)c1ccccc1O. The molecule has 0 aromatic heterocycles. The van der Waals surface area contributed by atoms with Crippen molar-refractivity contribution in [3.8, 4) is 5.75 Å². The number of para-hydroxylation sites is 1. The Morgan fingerprint density at radius 3 is 2.67 bits per heavy atom. The fourth-order valence-electron chi connectivity index (χ4n) is 1.24. The summed E-state index contributed by atoms with van der Waals surface area (Å²) in [7, 11) is 0. The Labute approximate surface area is 77.8 Å². The number of hydrogen-bond acceptors (Lipinski definition) is 2. The Hall–Kier alpha value is -0.630. The molecule has 0 saturated carbocycles. The molecule has 1 aromatic rings. The van der Waals surface area contributed by atoms with Crippen molar-refractivity contribution in [1.29, 1.82) is 0 Å². The molecule has 1 unspecified atom stereocenters. The summed E-state index contributed by atoms with van der Waals surface area (Å²) in [5.74, 6) is 1.90. The maximum Gasteiger partial charge on any atom is 0.119 e.